The normalized spacial score (nSPS) is 10.0. The van der Waals surface area contributed by atoms with Crippen LogP contribution in [0.1, 0.15) is 26.5 Å². The van der Waals surface area contributed by atoms with E-state index in [1.165, 1.54) is 23.7 Å². The lowest BCUT2D eigenvalue weighted by Gasteiger charge is -2.05. The Morgan fingerprint density at radius 3 is 2.75 bits per heavy atom. The van der Waals surface area contributed by atoms with Crippen molar-refractivity contribution in [3.05, 3.63) is 52.5 Å². The highest BCUT2D eigenvalue weighted by atomic mass is 32.1. The van der Waals surface area contributed by atoms with E-state index >= 15 is 0 Å². The van der Waals surface area contributed by atoms with Gasteiger partial charge in [-0.2, -0.15) is 0 Å². The Hall–Kier alpha value is -2.21. The van der Waals surface area contributed by atoms with Crippen LogP contribution in [0.15, 0.2) is 42.0 Å². The second kappa shape index (κ2) is 7.40. The van der Waals surface area contributed by atoms with Crippen LogP contribution in [0.2, 0.25) is 0 Å². The molecule has 0 unspecified atom stereocenters. The first-order valence-electron chi connectivity index (χ1n) is 6.16. The predicted octanol–water partition coefficient (Wildman–Crippen LogP) is 2.12. The predicted molar refractivity (Wildman–Crippen MR) is 75.8 cm³/mol. The monoisotopic (exact) mass is 290 g/mol. The van der Waals surface area contributed by atoms with Crippen LogP contribution in [0.25, 0.3) is 0 Å². The summed E-state index contributed by atoms with van der Waals surface area (Å²) in [5.41, 5.74) is 0.475. The highest BCUT2D eigenvalue weighted by molar-refractivity contribution is 7.12. The lowest BCUT2D eigenvalue weighted by molar-refractivity contribution is 0.0501. The first-order valence-corrected chi connectivity index (χ1v) is 7.04. The number of esters is 1. The molecular weight excluding hydrogens is 276 g/mol. The number of ether oxygens (including phenoxy) is 1. The molecule has 2 aromatic heterocycles. The van der Waals surface area contributed by atoms with Crippen LogP contribution in [-0.4, -0.2) is 30.0 Å². The van der Waals surface area contributed by atoms with Gasteiger partial charge in [-0.3, -0.25) is 9.78 Å². The fraction of sp³-hybridized carbons (Fsp3) is 0.214. The second-order valence-corrected chi connectivity index (χ2v) is 4.91. The minimum Gasteiger partial charge on any atom is -0.462 e. The molecule has 2 rings (SSSR count). The van der Waals surface area contributed by atoms with Gasteiger partial charge in [0.15, 0.2) is 0 Å². The van der Waals surface area contributed by atoms with Crippen LogP contribution in [0.5, 0.6) is 0 Å². The Kier molecular flexibility index (Phi) is 5.25. The van der Waals surface area contributed by atoms with Gasteiger partial charge in [-0.05, 0) is 30.0 Å². The molecule has 1 N–H and O–H groups in total. The van der Waals surface area contributed by atoms with Gasteiger partial charge in [0.05, 0.1) is 17.0 Å². The number of nitrogens with one attached hydrogen (secondary N) is 1. The van der Waals surface area contributed by atoms with Crippen LogP contribution in [0.3, 0.4) is 0 Å². The molecule has 0 fully saturated rings. The summed E-state index contributed by atoms with van der Waals surface area (Å²) in [6, 6.07) is 6.79. The number of nitrogens with zero attached hydrogens (tertiary/aromatic N) is 1. The molecule has 0 saturated heterocycles. The number of hydrogen-bond donors (Lipinski definition) is 1. The van der Waals surface area contributed by atoms with Gasteiger partial charge >= 0.3 is 5.97 Å². The molecule has 0 aliphatic heterocycles. The van der Waals surface area contributed by atoms with Crippen LogP contribution in [-0.2, 0) is 4.74 Å². The lowest BCUT2D eigenvalue weighted by Crippen LogP contribution is -2.24. The average molecular weight is 290 g/mol. The molecule has 5 nitrogen and oxygen atoms in total. The number of pyridine rings is 1. The Bertz CT molecular complexity index is 555. The van der Waals surface area contributed by atoms with E-state index in [0.717, 1.165) is 0 Å². The van der Waals surface area contributed by atoms with Crippen molar-refractivity contribution in [1.82, 2.24) is 10.3 Å². The molecular formula is C14H14N2O3S. The van der Waals surface area contributed by atoms with Gasteiger partial charge in [-0.1, -0.05) is 6.07 Å². The summed E-state index contributed by atoms with van der Waals surface area (Å²) in [5.74, 6) is -0.475. The van der Waals surface area contributed by atoms with Crippen molar-refractivity contribution in [3.8, 4) is 0 Å². The van der Waals surface area contributed by atoms with Crippen molar-refractivity contribution in [2.75, 3.05) is 13.2 Å². The third kappa shape index (κ3) is 4.17. The van der Waals surface area contributed by atoms with Gasteiger partial charge in [-0.15, -0.1) is 11.3 Å². The van der Waals surface area contributed by atoms with Gasteiger partial charge < -0.3 is 10.1 Å². The zero-order valence-electron chi connectivity index (χ0n) is 10.7. The summed E-state index contributed by atoms with van der Waals surface area (Å²) in [6.45, 7) is 0.742. The van der Waals surface area contributed by atoms with E-state index in [-0.39, 0.29) is 18.5 Å². The van der Waals surface area contributed by atoms with Crippen molar-refractivity contribution in [3.63, 3.8) is 0 Å². The zero-order valence-corrected chi connectivity index (χ0v) is 11.6. The fourth-order valence-corrected chi connectivity index (χ4v) is 2.15. The Morgan fingerprint density at radius 1 is 1.25 bits per heavy atom. The van der Waals surface area contributed by atoms with Crippen molar-refractivity contribution in [2.24, 2.45) is 0 Å². The molecule has 20 heavy (non-hydrogen) atoms. The maximum absolute atomic E-state index is 11.6. The van der Waals surface area contributed by atoms with Crippen LogP contribution in [0.4, 0.5) is 0 Å². The summed E-state index contributed by atoms with van der Waals surface area (Å²) in [7, 11) is 0. The molecule has 0 atom stereocenters. The lowest BCUT2D eigenvalue weighted by atomic mass is 10.3. The summed E-state index contributed by atoms with van der Waals surface area (Å²) >= 11 is 1.39. The molecule has 0 aliphatic rings. The van der Waals surface area contributed by atoms with E-state index in [4.69, 9.17) is 4.74 Å². The molecule has 0 aliphatic carbocycles. The molecule has 0 saturated carbocycles. The van der Waals surface area contributed by atoms with E-state index in [9.17, 15) is 9.59 Å². The van der Waals surface area contributed by atoms with Gasteiger partial charge in [-0.25, -0.2) is 4.79 Å². The standard InChI is InChI=1S/C14H14N2O3S/c17-13(12-3-1-10-20-12)16-6-2-9-19-14(18)11-4-7-15-8-5-11/h1,3-5,7-8,10H,2,6,9H2,(H,16,17). The van der Waals surface area contributed by atoms with Crippen molar-refractivity contribution in [1.29, 1.82) is 0 Å². The molecule has 2 heterocycles. The van der Waals surface area contributed by atoms with Crippen LogP contribution < -0.4 is 5.32 Å². The molecule has 0 spiro atoms. The number of carbonyl (C=O) groups excluding carboxylic acids is 2. The fourth-order valence-electron chi connectivity index (χ4n) is 1.51. The Labute approximate surface area is 120 Å². The SMILES string of the molecule is O=C(OCCCNC(=O)c1cccs1)c1ccncc1. The molecule has 1 amide bonds. The smallest absolute Gasteiger partial charge is 0.338 e. The Balaban J connectivity index is 1.62. The van der Waals surface area contributed by atoms with Crippen molar-refractivity contribution < 1.29 is 14.3 Å². The number of thiophene rings is 1. The van der Waals surface area contributed by atoms with Crippen LogP contribution in [0, 0.1) is 0 Å². The molecule has 6 heteroatoms. The summed E-state index contributed by atoms with van der Waals surface area (Å²) in [6.07, 6.45) is 3.66. The molecule has 0 bridgehead atoms. The maximum Gasteiger partial charge on any atom is 0.338 e. The first kappa shape index (κ1) is 14.2. The number of amides is 1. The first-order chi connectivity index (χ1) is 9.77. The van der Waals surface area contributed by atoms with E-state index in [1.54, 1.807) is 18.2 Å². The van der Waals surface area contributed by atoms with Gasteiger partial charge in [0.2, 0.25) is 0 Å². The third-order valence-corrected chi connectivity index (χ3v) is 3.37. The van der Waals surface area contributed by atoms with E-state index in [0.29, 0.717) is 23.4 Å². The number of aromatic nitrogens is 1. The van der Waals surface area contributed by atoms with Gasteiger partial charge in [0.25, 0.3) is 5.91 Å². The van der Waals surface area contributed by atoms with E-state index in [2.05, 4.69) is 10.3 Å². The molecule has 104 valence electrons. The maximum atomic E-state index is 11.6. The van der Waals surface area contributed by atoms with Gasteiger partial charge in [0.1, 0.15) is 0 Å². The van der Waals surface area contributed by atoms with Crippen molar-refractivity contribution >= 4 is 23.2 Å². The summed E-state index contributed by atoms with van der Waals surface area (Å²) in [4.78, 5) is 27.7. The largest absolute Gasteiger partial charge is 0.462 e. The summed E-state index contributed by atoms with van der Waals surface area (Å²) < 4.78 is 5.09. The van der Waals surface area contributed by atoms with Crippen LogP contribution >= 0.6 is 11.3 Å². The third-order valence-electron chi connectivity index (χ3n) is 2.50. The minimum atomic E-state index is -0.378. The second-order valence-electron chi connectivity index (χ2n) is 3.96. The molecule has 2 aromatic rings. The number of hydrogen-bond acceptors (Lipinski definition) is 5. The minimum absolute atomic E-state index is 0.0968. The molecule has 0 radical (unpaired) electrons. The van der Waals surface area contributed by atoms with E-state index in [1.807, 2.05) is 11.4 Å². The highest BCUT2D eigenvalue weighted by Crippen LogP contribution is 2.07. The zero-order chi connectivity index (χ0) is 14.2. The van der Waals surface area contributed by atoms with Gasteiger partial charge in [0, 0.05) is 18.9 Å². The number of carbonyl (C=O) groups is 2. The Morgan fingerprint density at radius 2 is 2.05 bits per heavy atom. The van der Waals surface area contributed by atoms with E-state index < -0.39 is 0 Å². The quantitative estimate of drug-likeness (QED) is 0.653. The molecule has 0 aromatic carbocycles. The number of rotatable bonds is 6. The average Bonchev–Trinajstić information content (AvgIpc) is 3.01. The topological polar surface area (TPSA) is 68.3 Å². The highest BCUT2D eigenvalue weighted by Gasteiger charge is 2.07. The summed E-state index contributed by atoms with van der Waals surface area (Å²) in [5, 5.41) is 4.62. The van der Waals surface area contributed by atoms with Crippen molar-refractivity contribution in [2.45, 2.75) is 6.42 Å².